The van der Waals surface area contributed by atoms with Gasteiger partial charge in [-0.1, -0.05) is 17.7 Å². The average Bonchev–Trinajstić information content (AvgIpc) is 2.35. The molecular formula is C12H9ClFN3O2. The number of carboxylic acids is 1. The zero-order valence-electron chi connectivity index (χ0n) is 9.52. The smallest absolute Gasteiger partial charge is 0.337 e. The van der Waals surface area contributed by atoms with Gasteiger partial charge >= 0.3 is 5.97 Å². The molecule has 1 aromatic heterocycles. The lowest BCUT2D eigenvalue weighted by molar-refractivity contribution is 0.0698. The fraction of sp³-hybridized carbons (Fsp3) is 0. The Morgan fingerprint density at radius 2 is 2.21 bits per heavy atom. The zero-order valence-corrected chi connectivity index (χ0v) is 10.3. The molecule has 1 aromatic carbocycles. The number of halogens is 2. The van der Waals surface area contributed by atoms with Gasteiger partial charge in [0.25, 0.3) is 0 Å². The van der Waals surface area contributed by atoms with E-state index in [1.54, 1.807) is 0 Å². The van der Waals surface area contributed by atoms with E-state index in [0.717, 1.165) is 0 Å². The van der Waals surface area contributed by atoms with Gasteiger partial charge in [-0.25, -0.2) is 14.2 Å². The number of nitrogens with zero attached hydrogens (tertiary/aromatic N) is 1. The molecule has 0 radical (unpaired) electrons. The quantitative estimate of drug-likeness (QED) is 0.805. The van der Waals surface area contributed by atoms with Crippen molar-refractivity contribution in [2.24, 2.45) is 0 Å². The average molecular weight is 282 g/mol. The highest BCUT2D eigenvalue weighted by molar-refractivity contribution is 6.33. The molecule has 0 aliphatic carbocycles. The number of aromatic carboxylic acids is 1. The van der Waals surface area contributed by atoms with E-state index in [2.05, 4.69) is 10.3 Å². The van der Waals surface area contributed by atoms with Crippen LogP contribution in [0.1, 0.15) is 10.4 Å². The van der Waals surface area contributed by atoms with E-state index in [1.165, 1.54) is 30.5 Å². The van der Waals surface area contributed by atoms with Crippen molar-refractivity contribution in [3.05, 3.63) is 46.9 Å². The van der Waals surface area contributed by atoms with Crippen molar-refractivity contribution < 1.29 is 14.3 Å². The lowest BCUT2D eigenvalue weighted by Gasteiger charge is -2.10. The van der Waals surface area contributed by atoms with Gasteiger partial charge in [0.05, 0.1) is 28.2 Å². The summed E-state index contributed by atoms with van der Waals surface area (Å²) in [6.07, 6.45) is 1.18. The van der Waals surface area contributed by atoms with Crippen molar-refractivity contribution in [2.75, 3.05) is 11.1 Å². The summed E-state index contributed by atoms with van der Waals surface area (Å²) >= 11 is 5.84. The third-order valence-electron chi connectivity index (χ3n) is 2.38. The van der Waals surface area contributed by atoms with Crippen LogP contribution >= 0.6 is 11.6 Å². The first kappa shape index (κ1) is 13.1. The van der Waals surface area contributed by atoms with Crippen molar-refractivity contribution >= 4 is 34.8 Å². The Hall–Kier alpha value is -2.34. The molecule has 0 unspecified atom stereocenters. The largest absolute Gasteiger partial charge is 0.478 e. The molecule has 0 spiro atoms. The lowest BCUT2D eigenvalue weighted by atomic mass is 10.2. The van der Waals surface area contributed by atoms with Crippen LogP contribution in [0, 0.1) is 5.82 Å². The van der Waals surface area contributed by atoms with Crippen molar-refractivity contribution in [1.82, 2.24) is 4.98 Å². The summed E-state index contributed by atoms with van der Waals surface area (Å²) in [7, 11) is 0. The number of carbonyl (C=O) groups is 1. The minimum atomic E-state index is -1.19. The van der Waals surface area contributed by atoms with E-state index in [-0.39, 0.29) is 27.8 Å². The van der Waals surface area contributed by atoms with Gasteiger partial charge in [-0.2, -0.15) is 0 Å². The first-order chi connectivity index (χ1) is 8.99. The van der Waals surface area contributed by atoms with Gasteiger partial charge in [0, 0.05) is 0 Å². The predicted molar refractivity (Wildman–Crippen MR) is 70.3 cm³/mol. The van der Waals surface area contributed by atoms with Gasteiger partial charge < -0.3 is 16.2 Å². The highest BCUT2D eigenvalue weighted by Gasteiger charge is 2.12. The minimum Gasteiger partial charge on any atom is -0.478 e. The summed E-state index contributed by atoms with van der Waals surface area (Å²) in [5, 5.41) is 11.7. The number of rotatable bonds is 3. The second kappa shape index (κ2) is 5.11. The van der Waals surface area contributed by atoms with Gasteiger partial charge in [0.15, 0.2) is 0 Å². The molecule has 0 aliphatic rings. The molecule has 0 aliphatic heterocycles. The molecule has 0 atom stereocenters. The van der Waals surface area contributed by atoms with Crippen LogP contribution in [0.15, 0.2) is 30.5 Å². The van der Waals surface area contributed by atoms with E-state index in [9.17, 15) is 9.18 Å². The third kappa shape index (κ3) is 2.74. The van der Waals surface area contributed by atoms with Crippen LogP contribution in [-0.2, 0) is 0 Å². The topological polar surface area (TPSA) is 88.2 Å². The Morgan fingerprint density at radius 3 is 2.84 bits per heavy atom. The van der Waals surface area contributed by atoms with Crippen molar-refractivity contribution in [1.29, 1.82) is 0 Å². The summed E-state index contributed by atoms with van der Waals surface area (Å²) in [6, 6.07) is 5.40. The molecule has 0 saturated heterocycles. The number of anilines is 3. The molecule has 0 bridgehead atoms. The number of nitrogens with one attached hydrogen (secondary N) is 1. The van der Waals surface area contributed by atoms with Gasteiger partial charge in [0.1, 0.15) is 11.6 Å². The van der Waals surface area contributed by atoms with E-state index >= 15 is 0 Å². The first-order valence-electron chi connectivity index (χ1n) is 5.19. The number of para-hydroxylation sites is 1. The van der Waals surface area contributed by atoms with Gasteiger partial charge in [-0.05, 0) is 18.2 Å². The monoisotopic (exact) mass is 281 g/mol. The molecule has 98 valence electrons. The second-order valence-electron chi connectivity index (χ2n) is 3.68. The Morgan fingerprint density at radius 1 is 1.47 bits per heavy atom. The van der Waals surface area contributed by atoms with Gasteiger partial charge in [-0.3, -0.25) is 0 Å². The maximum absolute atomic E-state index is 13.6. The number of hydrogen-bond acceptors (Lipinski definition) is 4. The minimum absolute atomic E-state index is 0.0256. The number of carboxylic acid groups (broad SMARTS) is 1. The summed E-state index contributed by atoms with van der Waals surface area (Å²) < 4.78 is 13.6. The molecule has 4 N–H and O–H groups in total. The zero-order chi connectivity index (χ0) is 14.0. The molecule has 2 aromatic rings. The molecule has 2 rings (SSSR count). The molecule has 1 heterocycles. The predicted octanol–water partition coefficient (Wildman–Crippen LogP) is 2.90. The number of nitrogen functional groups attached to an aromatic ring is 1. The lowest BCUT2D eigenvalue weighted by Crippen LogP contribution is -2.05. The fourth-order valence-corrected chi connectivity index (χ4v) is 1.68. The van der Waals surface area contributed by atoms with Crippen LogP contribution in [0.2, 0.25) is 5.02 Å². The highest BCUT2D eigenvalue weighted by atomic mass is 35.5. The van der Waals surface area contributed by atoms with Crippen LogP contribution < -0.4 is 11.1 Å². The van der Waals surface area contributed by atoms with Crippen LogP contribution in [-0.4, -0.2) is 16.1 Å². The second-order valence-corrected chi connectivity index (χ2v) is 4.09. The number of benzene rings is 1. The summed E-state index contributed by atoms with van der Waals surface area (Å²) in [4.78, 5) is 14.8. The van der Waals surface area contributed by atoms with Crippen LogP contribution in [0.5, 0.6) is 0 Å². The number of aromatic nitrogens is 1. The normalized spacial score (nSPS) is 10.2. The number of nitrogens with two attached hydrogens (primary N) is 1. The standard InChI is InChI=1S/C12H9ClFN3O2/c13-7-2-1-3-8(14)11(7)17-10-4-6(12(18)19)9(15)5-16-10/h1-5H,15H2,(H,16,17)(H,18,19). The van der Waals surface area contributed by atoms with E-state index in [0.29, 0.717) is 0 Å². The van der Waals surface area contributed by atoms with Crippen LogP contribution in [0.4, 0.5) is 21.6 Å². The Balaban J connectivity index is 2.39. The van der Waals surface area contributed by atoms with Crippen LogP contribution in [0.3, 0.4) is 0 Å². The summed E-state index contributed by atoms with van der Waals surface area (Å²) in [5.74, 6) is -1.62. The van der Waals surface area contributed by atoms with Crippen LogP contribution in [0.25, 0.3) is 0 Å². The SMILES string of the molecule is Nc1cnc(Nc2c(F)cccc2Cl)cc1C(=O)O. The maximum atomic E-state index is 13.6. The molecule has 0 amide bonds. The maximum Gasteiger partial charge on any atom is 0.337 e. The van der Waals surface area contributed by atoms with Crippen molar-refractivity contribution in [3.8, 4) is 0 Å². The summed E-state index contributed by atoms with van der Waals surface area (Å²) in [5.41, 5.74) is 5.40. The molecule has 19 heavy (non-hydrogen) atoms. The molecule has 5 nitrogen and oxygen atoms in total. The number of pyridine rings is 1. The van der Waals surface area contributed by atoms with E-state index in [1.807, 2.05) is 0 Å². The Kier molecular flexibility index (Phi) is 3.52. The Labute approximate surface area is 112 Å². The Bertz CT molecular complexity index is 629. The molecular weight excluding hydrogens is 273 g/mol. The van der Waals surface area contributed by atoms with E-state index in [4.69, 9.17) is 22.4 Å². The first-order valence-corrected chi connectivity index (χ1v) is 5.56. The van der Waals surface area contributed by atoms with Crippen molar-refractivity contribution in [3.63, 3.8) is 0 Å². The number of hydrogen-bond donors (Lipinski definition) is 3. The molecule has 0 fully saturated rings. The van der Waals surface area contributed by atoms with Crippen molar-refractivity contribution in [2.45, 2.75) is 0 Å². The third-order valence-corrected chi connectivity index (χ3v) is 2.70. The van der Waals surface area contributed by atoms with Gasteiger partial charge in [0.2, 0.25) is 0 Å². The molecule has 7 heteroatoms. The summed E-state index contributed by atoms with van der Waals surface area (Å²) in [6.45, 7) is 0. The van der Waals surface area contributed by atoms with Gasteiger partial charge in [-0.15, -0.1) is 0 Å². The highest BCUT2D eigenvalue weighted by Crippen LogP contribution is 2.28. The fourth-order valence-electron chi connectivity index (χ4n) is 1.46. The van der Waals surface area contributed by atoms with E-state index < -0.39 is 11.8 Å². The molecule has 0 saturated carbocycles.